The fourth-order valence-corrected chi connectivity index (χ4v) is 2.62. The van der Waals surface area contributed by atoms with Crippen molar-refractivity contribution >= 4 is 34.9 Å². The molecular weight excluding hydrogens is 297 g/mol. The Morgan fingerprint density at radius 3 is 2.85 bits per heavy atom. The topological polar surface area (TPSA) is 24.0 Å². The Balaban J connectivity index is 2.28. The zero-order valence-corrected chi connectivity index (χ0v) is 13.5. The summed E-state index contributed by atoms with van der Waals surface area (Å²) in [7, 11) is 2.10. The van der Waals surface area contributed by atoms with Gasteiger partial charge in [-0.05, 0) is 38.7 Å². The minimum atomic E-state index is -0.431. The highest BCUT2D eigenvalue weighted by Gasteiger charge is 2.11. The van der Waals surface area contributed by atoms with E-state index in [1.54, 1.807) is 6.07 Å². The SMILES string of the molecule is CCC(C)N(C)CCn1c(=S)[nH]c2cc(F)c(Cl)cc21. The summed E-state index contributed by atoms with van der Waals surface area (Å²) < 4.78 is 16.0. The average molecular weight is 316 g/mol. The van der Waals surface area contributed by atoms with Crippen molar-refractivity contribution in [2.24, 2.45) is 0 Å². The van der Waals surface area contributed by atoms with Crippen molar-refractivity contribution in [1.82, 2.24) is 14.5 Å². The minimum Gasteiger partial charge on any atom is -0.330 e. The first-order valence-electron chi connectivity index (χ1n) is 6.71. The van der Waals surface area contributed by atoms with E-state index in [0.717, 1.165) is 25.0 Å². The molecule has 3 nitrogen and oxygen atoms in total. The van der Waals surface area contributed by atoms with Gasteiger partial charge in [-0.15, -0.1) is 0 Å². The molecule has 0 fully saturated rings. The Morgan fingerprint density at radius 1 is 1.50 bits per heavy atom. The Bertz CT molecular complexity index is 664. The maximum Gasteiger partial charge on any atom is 0.178 e. The monoisotopic (exact) mass is 315 g/mol. The molecule has 0 spiro atoms. The fraction of sp³-hybridized carbons (Fsp3) is 0.500. The van der Waals surface area contributed by atoms with Crippen molar-refractivity contribution in [3.8, 4) is 0 Å². The number of nitrogens with zero attached hydrogens (tertiary/aromatic N) is 2. The zero-order chi connectivity index (χ0) is 14.9. The Morgan fingerprint density at radius 2 is 2.20 bits per heavy atom. The summed E-state index contributed by atoms with van der Waals surface area (Å²) in [4.78, 5) is 5.31. The van der Waals surface area contributed by atoms with Crippen LogP contribution in [0.5, 0.6) is 0 Å². The number of H-pyrrole nitrogens is 1. The van der Waals surface area contributed by atoms with Crippen LogP contribution >= 0.6 is 23.8 Å². The molecule has 0 aliphatic carbocycles. The van der Waals surface area contributed by atoms with Gasteiger partial charge in [0.05, 0.1) is 16.1 Å². The van der Waals surface area contributed by atoms with Gasteiger partial charge in [0.25, 0.3) is 0 Å². The van der Waals surface area contributed by atoms with Crippen LogP contribution in [0.1, 0.15) is 20.3 Å². The molecule has 2 rings (SSSR count). The lowest BCUT2D eigenvalue weighted by Crippen LogP contribution is -2.31. The molecule has 20 heavy (non-hydrogen) atoms. The lowest BCUT2D eigenvalue weighted by molar-refractivity contribution is 0.243. The molecule has 1 heterocycles. The number of rotatable bonds is 5. The molecule has 6 heteroatoms. The number of hydrogen-bond donors (Lipinski definition) is 1. The molecular formula is C14H19ClFN3S. The fourth-order valence-electron chi connectivity index (χ4n) is 2.16. The van der Waals surface area contributed by atoms with E-state index in [0.29, 0.717) is 16.3 Å². The van der Waals surface area contributed by atoms with Crippen molar-refractivity contribution < 1.29 is 4.39 Å². The van der Waals surface area contributed by atoms with Crippen LogP contribution in [-0.4, -0.2) is 34.1 Å². The summed E-state index contributed by atoms with van der Waals surface area (Å²) in [5, 5.41) is 0.121. The molecule has 1 atom stereocenters. The zero-order valence-electron chi connectivity index (χ0n) is 11.9. The lowest BCUT2D eigenvalue weighted by Gasteiger charge is -2.23. The number of likely N-dealkylation sites (N-methyl/N-ethyl adjacent to an activating group) is 1. The number of halogens is 2. The van der Waals surface area contributed by atoms with E-state index >= 15 is 0 Å². The smallest absolute Gasteiger partial charge is 0.178 e. The van der Waals surface area contributed by atoms with Crippen LogP contribution in [-0.2, 0) is 6.54 Å². The van der Waals surface area contributed by atoms with Gasteiger partial charge < -0.3 is 14.5 Å². The third kappa shape index (κ3) is 3.05. The van der Waals surface area contributed by atoms with Gasteiger partial charge >= 0.3 is 0 Å². The molecule has 0 aliphatic heterocycles. The van der Waals surface area contributed by atoms with Crippen molar-refractivity contribution in [3.05, 3.63) is 27.7 Å². The number of benzene rings is 1. The highest BCUT2D eigenvalue weighted by Crippen LogP contribution is 2.22. The summed E-state index contributed by atoms with van der Waals surface area (Å²) in [6.45, 7) is 5.99. The molecule has 2 aromatic rings. The van der Waals surface area contributed by atoms with E-state index < -0.39 is 5.82 Å². The van der Waals surface area contributed by atoms with Gasteiger partial charge in [-0.3, -0.25) is 0 Å². The molecule has 0 aliphatic rings. The predicted molar refractivity (Wildman–Crippen MR) is 84.5 cm³/mol. The standard InChI is InChI=1S/C14H19ClFN3S/c1-4-9(2)18(3)5-6-19-13-7-10(15)11(16)8-12(13)17-14(19)20/h7-9H,4-6H2,1-3H3,(H,17,20). The van der Waals surface area contributed by atoms with Gasteiger partial charge in [0.2, 0.25) is 0 Å². The van der Waals surface area contributed by atoms with Gasteiger partial charge in [-0.2, -0.15) is 0 Å². The molecule has 0 saturated carbocycles. The summed E-state index contributed by atoms with van der Waals surface area (Å²) in [5.41, 5.74) is 1.53. The van der Waals surface area contributed by atoms with Crippen molar-refractivity contribution in [2.75, 3.05) is 13.6 Å². The largest absolute Gasteiger partial charge is 0.330 e. The number of nitrogens with one attached hydrogen (secondary N) is 1. The third-order valence-electron chi connectivity index (χ3n) is 3.84. The summed E-state index contributed by atoms with van der Waals surface area (Å²) in [6, 6.07) is 3.54. The van der Waals surface area contributed by atoms with Gasteiger partial charge in [0, 0.05) is 25.2 Å². The number of fused-ring (bicyclic) bond motifs is 1. The van der Waals surface area contributed by atoms with Gasteiger partial charge in [0.1, 0.15) is 5.82 Å². The molecule has 1 unspecified atom stereocenters. The number of hydrogen-bond acceptors (Lipinski definition) is 2. The second kappa shape index (κ2) is 6.24. The van der Waals surface area contributed by atoms with E-state index in [4.69, 9.17) is 23.8 Å². The molecule has 0 radical (unpaired) electrons. The summed E-state index contributed by atoms with van der Waals surface area (Å²) in [5.74, 6) is -0.431. The normalized spacial score (nSPS) is 13.3. The first-order chi connectivity index (χ1) is 9.43. The van der Waals surface area contributed by atoms with Crippen LogP contribution in [0.3, 0.4) is 0 Å². The lowest BCUT2D eigenvalue weighted by atomic mass is 10.2. The van der Waals surface area contributed by atoms with Crippen LogP contribution in [0.25, 0.3) is 11.0 Å². The van der Waals surface area contributed by atoms with E-state index in [1.807, 2.05) is 4.57 Å². The first kappa shape index (κ1) is 15.5. The number of aromatic amines is 1. The third-order valence-corrected chi connectivity index (χ3v) is 4.45. The molecule has 110 valence electrons. The van der Waals surface area contributed by atoms with Gasteiger partial charge in [-0.1, -0.05) is 18.5 Å². The van der Waals surface area contributed by atoms with E-state index in [2.05, 4.69) is 30.8 Å². The summed E-state index contributed by atoms with van der Waals surface area (Å²) in [6.07, 6.45) is 1.10. The molecule has 1 N–H and O–H groups in total. The van der Waals surface area contributed by atoms with E-state index in [-0.39, 0.29) is 5.02 Å². The molecule has 1 aromatic heterocycles. The van der Waals surface area contributed by atoms with Crippen molar-refractivity contribution in [1.29, 1.82) is 0 Å². The second-order valence-electron chi connectivity index (χ2n) is 5.10. The van der Waals surface area contributed by atoms with Crippen LogP contribution in [0, 0.1) is 10.6 Å². The molecule has 0 saturated heterocycles. The van der Waals surface area contributed by atoms with Crippen LogP contribution < -0.4 is 0 Å². The Hall–Kier alpha value is -0.910. The Labute approximate surface area is 128 Å². The number of imidazole rings is 1. The highest BCUT2D eigenvalue weighted by molar-refractivity contribution is 7.71. The first-order valence-corrected chi connectivity index (χ1v) is 7.50. The van der Waals surface area contributed by atoms with Crippen LogP contribution in [0.4, 0.5) is 4.39 Å². The molecule has 0 amide bonds. The second-order valence-corrected chi connectivity index (χ2v) is 5.90. The van der Waals surface area contributed by atoms with E-state index in [1.165, 1.54) is 6.07 Å². The van der Waals surface area contributed by atoms with Gasteiger partial charge in [0.15, 0.2) is 4.77 Å². The van der Waals surface area contributed by atoms with Crippen LogP contribution in [0.15, 0.2) is 12.1 Å². The van der Waals surface area contributed by atoms with Gasteiger partial charge in [-0.25, -0.2) is 4.39 Å². The average Bonchev–Trinajstić information content (AvgIpc) is 2.71. The predicted octanol–water partition coefficient (Wildman–Crippen LogP) is 4.22. The van der Waals surface area contributed by atoms with E-state index in [9.17, 15) is 4.39 Å². The number of aromatic nitrogens is 2. The molecule has 0 bridgehead atoms. The van der Waals surface area contributed by atoms with Crippen LogP contribution in [0.2, 0.25) is 5.02 Å². The summed E-state index contributed by atoms with van der Waals surface area (Å²) >= 11 is 11.2. The maximum atomic E-state index is 13.5. The highest BCUT2D eigenvalue weighted by atomic mass is 35.5. The molecule has 1 aromatic carbocycles. The van der Waals surface area contributed by atoms with Crippen molar-refractivity contribution in [3.63, 3.8) is 0 Å². The Kier molecular flexibility index (Phi) is 4.83. The minimum absolute atomic E-state index is 0.121. The van der Waals surface area contributed by atoms with Crippen molar-refractivity contribution in [2.45, 2.75) is 32.9 Å². The maximum absolute atomic E-state index is 13.5. The quantitative estimate of drug-likeness (QED) is 0.835.